The van der Waals surface area contributed by atoms with Gasteiger partial charge in [0.25, 0.3) is 5.56 Å². The van der Waals surface area contributed by atoms with Crippen molar-refractivity contribution in [1.82, 2.24) is 9.55 Å². The average Bonchev–Trinajstić information content (AvgIpc) is 2.42. The number of hydrogen-bond donors (Lipinski definition) is 2. The van der Waals surface area contributed by atoms with E-state index in [0.717, 1.165) is 5.56 Å². The highest BCUT2D eigenvalue weighted by Crippen LogP contribution is 2.09. The Hall–Kier alpha value is -2.54. The molecule has 1 aromatic heterocycles. The molecule has 1 aromatic carbocycles. The van der Waals surface area contributed by atoms with Gasteiger partial charge >= 0.3 is 0 Å². The topological polar surface area (TPSA) is 90.0 Å². The van der Waals surface area contributed by atoms with Gasteiger partial charge in [-0.1, -0.05) is 12.2 Å². The van der Waals surface area contributed by atoms with E-state index in [9.17, 15) is 9.59 Å². The molecule has 0 fully saturated rings. The molecule has 0 aliphatic heterocycles. The minimum absolute atomic E-state index is 0.0941. The molecule has 0 saturated carbocycles. The van der Waals surface area contributed by atoms with Gasteiger partial charge in [-0.2, -0.15) is 0 Å². The molecule has 0 unspecified atom stereocenters. The molecule has 6 nitrogen and oxygen atoms in total. The fraction of sp³-hybridized carbons (Fsp3) is 0.143. The van der Waals surface area contributed by atoms with Gasteiger partial charge in [0.2, 0.25) is 5.91 Å². The maximum atomic E-state index is 11.9. The van der Waals surface area contributed by atoms with Gasteiger partial charge in [0.05, 0.1) is 6.33 Å². The Morgan fingerprint density at radius 1 is 1.38 bits per heavy atom. The van der Waals surface area contributed by atoms with Crippen LogP contribution in [0.3, 0.4) is 0 Å². The van der Waals surface area contributed by atoms with Gasteiger partial charge in [-0.3, -0.25) is 14.2 Å². The molecule has 0 aliphatic rings. The highest BCUT2D eigenvalue weighted by atomic mass is 32.1. The first-order chi connectivity index (χ1) is 9.95. The molecule has 0 radical (unpaired) electrons. The zero-order valence-corrected chi connectivity index (χ0v) is 12.2. The summed E-state index contributed by atoms with van der Waals surface area (Å²) in [5, 5.41) is 2.69. The van der Waals surface area contributed by atoms with E-state index in [1.54, 1.807) is 31.2 Å². The van der Waals surface area contributed by atoms with Crippen LogP contribution in [0, 0.1) is 6.92 Å². The molecule has 0 saturated heterocycles. The van der Waals surface area contributed by atoms with E-state index in [2.05, 4.69) is 10.3 Å². The molecule has 0 spiro atoms. The first kappa shape index (κ1) is 14.9. The van der Waals surface area contributed by atoms with Crippen molar-refractivity contribution in [3.63, 3.8) is 0 Å². The number of hydrogen-bond acceptors (Lipinski definition) is 4. The molecule has 0 atom stereocenters. The van der Waals surface area contributed by atoms with Crippen LogP contribution in [0.15, 0.2) is 41.5 Å². The Morgan fingerprint density at radius 2 is 2.05 bits per heavy atom. The lowest BCUT2D eigenvalue weighted by atomic mass is 10.2. The molecule has 7 heteroatoms. The molecular formula is C14H14N4O2S. The van der Waals surface area contributed by atoms with E-state index in [0.29, 0.717) is 16.4 Å². The summed E-state index contributed by atoms with van der Waals surface area (Å²) in [6.45, 7) is 1.62. The molecule has 0 bridgehead atoms. The molecule has 1 amide bonds. The largest absolute Gasteiger partial charge is 0.389 e. The van der Waals surface area contributed by atoms with Crippen LogP contribution in [-0.4, -0.2) is 20.4 Å². The van der Waals surface area contributed by atoms with Crippen LogP contribution in [0.5, 0.6) is 0 Å². The molecule has 1 heterocycles. The van der Waals surface area contributed by atoms with Crippen LogP contribution < -0.4 is 16.6 Å². The lowest BCUT2D eigenvalue weighted by Gasteiger charge is -2.08. The summed E-state index contributed by atoms with van der Waals surface area (Å²) in [7, 11) is 0. The second-order valence-electron chi connectivity index (χ2n) is 4.49. The summed E-state index contributed by atoms with van der Waals surface area (Å²) in [4.78, 5) is 27.8. The van der Waals surface area contributed by atoms with Crippen molar-refractivity contribution in [2.75, 3.05) is 5.32 Å². The number of benzene rings is 1. The van der Waals surface area contributed by atoms with Crippen LogP contribution in [0.1, 0.15) is 11.3 Å². The fourth-order valence-corrected chi connectivity index (χ4v) is 1.84. The molecule has 3 N–H and O–H groups in total. The zero-order valence-electron chi connectivity index (χ0n) is 11.4. The minimum atomic E-state index is -0.314. The van der Waals surface area contributed by atoms with Gasteiger partial charge < -0.3 is 11.1 Å². The quantitative estimate of drug-likeness (QED) is 0.816. The second kappa shape index (κ2) is 6.27. The summed E-state index contributed by atoms with van der Waals surface area (Å²) in [5.74, 6) is -0.314. The van der Waals surface area contributed by atoms with Gasteiger partial charge in [0.1, 0.15) is 11.5 Å². The summed E-state index contributed by atoms with van der Waals surface area (Å²) in [6.07, 6.45) is 1.35. The first-order valence-corrected chi connectivity index (χ1v) is 6.59. The number of amides is 1. The van der Waals surface area contributed by atoms with Gasteiger partial charge in [-0.15, -0.1) is 0 Å². The number of carbonyl (C=O) groups is 1. The number of nitrogens with one attached hydrogen (secondary N) is 1. The highest BCUT2D eigenvalue weighted by Gasteiger charge is 2.06. The van der Waals surface area contributed by atoms with Gasteiger partial charge in [0.15, 0.2) is 0 Å². The minimum Gasteiger partial charge on any atom is -0.389 e. The van der Waals surface area contributed by atoms with E-state index >= 15 is 0 Å². The molecule has 2 rings (SSSR count). The average molecular weight is 302 g/mol. The molecule has 2 aromatic rings. The number of aryl methyl sites for hydroxylation is 1. The normalized spacial score (nSPS) is 10.1. The van der Waals surface area contributed by atoms with Crippen molar-refractivity contribution in [3.05, 3.63) is 58.3 Å². The summed E-state index contributed by atoms with van der Waals surface area (Å²) in [6, 6.07) is 8.21. The van der Waals surface area contributed by atoms with E-state index < -0.39 is 0 Å². The standard InChI is InChI=1S/C14H14N4O2S/c1-9-6-13(20)18(8-16-9)7-12(19)17-11-4-2-10(3-5-11)14(15)21/h2-6,8H,7H2,1H3,(H2,15,21)(H,17,19). The Labute approximate surface area is 126 Å². The van der Waals surface area contributed by atoms with E-state index in [-0.39, 0.29) is 18.0 Å². The number of rotatable bonds is 4. The predicted octanol–water partition coefficient (Wildman–Crippen LogP) is 0.825. The Bertz CT molecular complexity index is 737. The maximum Gasteiger partial charge on any atom is 0.253 e. The van der Waals surface area contributed by atoms with Crippen molar-refractivity contribution >= 4 is 28.8 Å². The van der Waals surface area contributed by atoms with Crippen LogP contribution in [0.4, 0.5) is 5.69 Å². The van der Waals surface area contributed by atoms with E-state index in [1.807, 2.05) is 0 Å². The summed E-state index contributed by atoms with van der Waals surface area (Å²) in [5.41, 5.74) is 7.18. The number of nitrogens with zero attached hydrogens (tertiary/aromatic N) is 2. The van der Waals surface area contributed by atoms with Gasteiger partial charge in [0, 0.05) is 23.0 Å². The Balaban J connectivity index is 2.04. The molecule has 108 valence electrons. The van der Waals surface area contributed by atoms with E-state index in [4.69, 9.17) is 18.0 Å². The fourth-order valence-electron chi connectivity index (χ4n) is 1.71. The molecule has 21 heavy (non-hydrogen) atoms. The van der Waals surface area contributed by atoms with E-state index in [1.165, 1.54) is 17.0 Å². The third-order valence-electron chi connectivity index (χ3n) is 2.78. The third-order valence-corrected chi connectivity index (χ3v) is 3.02. The number of thiocarbonyl (C=S) groups is 1. The summed E-state index contributed by atoms with van der Waals surface area (Å²) >= 11 is 4.85. The molecular weight excluding hydrogens is 288 g/mol. The monoisotopic (exact) mass is 302 g/mol. The van der Waals surface area contributed by atoms with Crippen molar-refractivity contribution in [1.29, 1.82) is 0 Å². The smallest absolute Gasteiger partial charge is 0.253 e. The number of carbonyl (C=O) groups excluding carboxylic acids is 1. The van der Waals surface area contributed by atoms with Crippen LogP contribution in [0.2, 0.25) is 0 Å². The first-order valence-electron chi connectivity index (χ1n) is 6.18. The van der Waals surface area contributed by atoms with Gasteiger partial charge in [-0.25, -0.2) is 4.98 Å². The Kier molecular flexibility index (Phi) is 4.44. The summed E-state index contributed by atoms with van der Waals surface area (Å²) < 4.78 is 1.24. The number of nitrogens with two attached hydrogens (primary N) is 1. The van der Waals surface area contributed by atoms with Crippen molar-refractivity contribution in [2.45, 2.75) is 13.5 Å². The SMILES string of the molecule is Cc1cc(=O)n(CC(=O)Nc2ccc(C(N)=S)cc2)cn1. The predicted molar refractivity (Wildman–Crippen MR) is 84.2 cm³/mol. The third kappa shape index (κ3) is 3.96. The highest BCUT2D eigenvalue weighted by molar-refractivity contribution is 7.80. The van der Waals surface area contributed by atoms with Crippen LogP contribution in [-0.2, 0) is 11.3 Å². The second-order valence-corrected chi connectivity index (χ2v) is 4.93. The number of anilines is 1. The Morgan fingerprint density at radius 3 is 2.62 bits per heavy atom. The zero-order chi connectivity index (χ0) is 15.4. The number of aromatic nitrogens is 2. The molecule has 0 aliphatic carbocycles. The maximum absolute atomic E-state index is 11.9. The van der Waals surface area contributed by atoms with Crippen molar-refractivity contribution < 1.29 is 4.79 Å². The van der Waals surface area contributed by atoms with Gasteiger partial charge in [-0.05, 0) is 31.2 Å². The van der Waals surface area contributed by atoms with Crippen LogP contribution >= 0.6 is 12.2 Å². The van der Waals surface area contributed by atoms with Crippen molar-refractivity contribution in [3.8, 4) is 0 Å². The lowest BCUT2D eigenvalue weighted by molar-refractivity contribution is -0.116. The van der Waals surface area contributed by atoms with Crippen molar-refractivity contribution in [2.24, 2.45) is 5.73 Å². The van der Waals surface area contributed by atoms with Crippen LogP contribution in [0.25, 0.3) is 0 Å². The lowest BCUT2D eigenvalue weighted by Crippen LogP contribution is -2.27.